The van der Waals surface area contributed by atoms with Gasteiger partial charge in [-0.25, -0.2) is 9.97 Å². The Kier molecular flexibility index (Phi) is 2.62. The van der Waals surface area contributed by atoms with Gasteiger partial charge in [0.2, 0.25) is 5.95 Å². The largest absolute Gasteiger partial charge is 0.357 e. The number of anilines is 1. The fourth-order valence-electron chi connectivity index (χ4n) is 0.591. The van der Waals surface area contributed by atoms with E-state index in [9.17, 15) is 0 Å². The first-order valence-electron chi connectivity index (χ1n) is 2.92. The summed E-state index contributed by atoms with van der Waals surface area (Å²) in [6, 6.07) is 1.87. The number of hydrogen-bond donors (Lipinski definition) is 1. The zero-order chi connectivity index (χ0) is 7.40. The highest BCUT2D eigenvalue weighted by atomic mass is 79.9. The van der Waals surface area contributed by atoms with Crippen molar-refractivity contribution in [2.75, 3.05) is 12.4 Å². The first-order valence-corrected chi connectivity index (χ1v) is 4.04. The molecule has 1 N–H and O–H groups in total. The normalized spacial score (nSPS) is 9.40. The van der Waals surface area contributed by atoms with Crippen LogP contribution >= 0.6 is 15.9 Å². The fourth-order valence-corrected chi connectivity index (χ4v) is 0.903. The number of rotatable bonds is 2. The lowest BCUT2D eigenvalue weighted by Crippen LogP contribution is -1.97. The number of nitrogens with one attached hydrogen (secondary N) is 1. The fraction of sp³-hybridized carbons (Fsp3) is 0.333. The molecule has 0 saturated carbocycles. The van der Waals surface area contributed by atoms with E-state index in [0.717, 1.165) is 11.0 Å². The smallest absolute Gasteiger partial charge is 0.222 e. The van der Waals surface area contributed by atoms with E-state index in [4.69, 9.17) is 0 Å². The van der Waals surface area contributed by atoms with Gasteiger partial charge in [0, 0.05) is 18.6 Å². The van der Waals surface area contributed by atoms with Gasteiger partial charge in [-0.2, -0.15) is 0 Å². The van der Waals surface area contributed by atoms with Crippen molar-refractivity contribution in [3.8, 4) is 0 Å². The summed E-state index contributed by atoms with van der Waals surface area (Å²) in [6.45, 7) is 0. The van der Waals surface area contributed by atoms with E-state index in [0.29, 0.717) is 5.95 Å². The monoisotopic (exact) mass is 201 g/mol. The minimum Gasteiger partial charge on any atom is -0.357 e. The van der Waals surface area contributed by atoms with Crippen LogP contribution in [0.15, 0.2) is 12.3 Å². The molecule has 1 heterocycles. The molecule has 0 aliphatic rings. The topological polar surface area (TPSA) is 37.8 Å². The number of hydrogen-bond acceptors (Lipinski definition) is 3. The van der Waals surface area contributed by atoms with E-state index in [1.54, 1.807) is 13.2 Å². The van der Waals surface area contributed by atoms with Gasteiger partial charge in [-0.3, -0.25) is 0 Å². The highest BCUT2D eigenvalue weighted by Crippen LogP contribution is 2.02. The number of alkyl halides is 1. The molecule has 3 nitrogen and oxygen atoms in total. The molecule has 1 aromatic heterocycles. The van der Waals surface area contributed by atoms with Crippen LogP contribution in [0.5, 0.6) is 0 Å². The molecular formula is C6H8BrN3. The Morgan fingerprint density at radius 3 is 3.10 bits per heavy atom. The minimum atomic E-state index is 0.664. The summed E-state index contributed by atoms with van der Waals surface area (Å²) in [5, 5.41) is 3.63. The Hall–Kier alpha value is -0.640. The van der Waals surface area contributed by atoms with E-state index in [2.05, 4.69) is 31.2 Å². The SMILES string of the molecule is CNc1nccc(CBr)n1. The second-order valence-electron chi connectivity index (χ2n) is 1.76. The highest BCUT2D eigenvalue weighted by Gasteiger charge is 1.92. The van der Waals surface area contributed by atoms with Crippen LogP contribution in [0.1, 0.15) is 5.69 Å². The quantitative estimate of drug-likeness (QED) is 0.736. The highest BCUT2D eigenvalue weighted by molar-refractivity contribution is 9.08. The van der Waals surface area contributed by atoms with Gasteiger partial charge in [-0.05, 0) is 6.07 Å². The van der Waals surface area contributed by atoms with Gasteiger partial charge in [0.15, 0.2) is 0 Å². The third-order valence-corrected chi connectivity index (χ3v) is 1.65. The first-order chi connectivity index (χ1) is 4.86. The summed E-state index contributed by atoms with van der Waals surface area (Å²) in [6.07, 6.45) is 1.73. The van der Waals surface area contributed by atoms with E-state index in [1.807, 2.05) is 6.07 Å². The van der Waals surface area contributed by atoms with Gasteiger partial charge >= 0.3 is 0 Å². The van der Waals surface area contributed by atoms with E-state index >= 15 is 0 Å². The lowest BCUT2D eigenvalue weighted by atomic mass is 10.5. The van der Waals surface area contributed by atoms with E-state index in [-0.39, 0.29) is 0 Å². The lowest BCUT2D eigenvalue weighted by molar-refractivity contribution is 1.09. The maximum Gasteiger partial charge on any atom is 0.222 e. The van der Waals surface area contributed by atoms with Gasteiger partial charge in [-0.1, -0.05) is 15.9 Å². The molecule has 0 amide bonds. The van der Waals surface area contributed by atoms with Crippen molar-refractivity contribution in [1.29, 1.82) is 0 Å². The van der Waals surface area contributed by atoms with Gasteiger partial charge < -0.3 is 5.32 Å². The molecule has 54 valence electrons. The van der Waals surface area contributed by atoms with Crippen LogP contribution in [-0.2, 0) is 5.33 Å². The molecule has 0 atom stereocenters. The van der Waals surface area contributed by atoms with Crippen molar-refractivity contribution in [2.45, 2.75) is 5.33 Å². The van der Waals surface area contributed by atoms with E-state index in [1.165, 1.54) is 0 Å². The maximum atomic E-state index is 4.14. The third-order valence-electron chi connectivity index (χ3n) is 1.07. The Morgan fingerprint density at radius 1 is 1.70 bits per heavy atom. The molecule has 4 heteroatoms. The lowest BCUT2D eigenvalue weighted by Gasteiger charge is -1.97. The molecule has 0 spiro atoms. The summed E-state index contributed by atoms with van der Waals surface area (Å²) >= 11 is 3.30. The van der Waals surface area contributed by atoms with Crippen LogP contribution < -0.4 is 5.32 Å². The Balaban J connectivity index is 2.87. The molecule has 0 unspecified atom stereocenters. The summed E-state index contributed by atoms with van der Waals surface area (Å²) in [7, 11) is 1.80. The zero-order valence-electron chi connectivity index (χ0n) is 5.63. The molecule has 0 aliphatic heterocycles. The number of halogens is 1. The molecule has 0 aromatic carbocycles. The summed E-state index contributed by atoms with van der Waals surface area (Å²) in [5.41, 5.74) is 0.986. The molecule has 0 fully saturated rings. The van der Waals surface area contributed by atoms with E-state index < -0.39 is 0 Å². The van der Waals surface area contributed by atoms with Gasteiger partial charge in [0.1, 0.15) is 0 Å². The molecule has 0 bridgehead atoms. The van der Waals surface area contributed by atoms with Crippen molar-refractivity contribution in [3.63, 3.8) is 0 Å². The van der Waals surface area contributed by atoms with Gasteiger partial charge in [-0.15, -0.1) is 0 Å². The average molecular weight is 202 g/mol. The van der Waals surface area contributed by atoms with Gasteiger partial charge in [0.05, 0.1) is 5.69 Å². The van der Waals surface area contributed by atoms with Crippen LogP contribution in [0.3, 0.4) is 0 Å². The van der Waals surface area contributed by atoms with Crippen LogP contribution in [-0.4, -0.2) is 17.0 Å². The zero-order valence-corrected chi connectivity index (χ0v) is 7.22. The Labute approximate surface area is 68.0 Å². The molecule has 1 rings (SSSR count). The second kappa shape index (κ2) is 3.51. The minimum absolute atomic E-state index is 0.664. The Morgan fingerprint density at radius 2 is 2.50 bits per heavy atom. The van der Waals surface area contributed by atoms with Crippen LogP contribution in [0.4, 0.5) is 5.95 Å². The van der Waals surface area contributed by atoms with Crippen LogP contribution in [0.25, 0.3) is 0 Å². The van der Waals surface area contributed by atoms with Crippen molar-refractivity contribution < 1.29 is 0 Å². The van der Waals surface area contributed by atoms with Crippen molar-refractivity contribution in [1.82, 2.24) is 9.97 Å². The summed E-state index contributed by atoms with van der Waals surface area (Å²) in [5.74, 6) is 0.664. The van der Waals surface area contributed by atoms with Crippen molar-refractivity contribution in [2.24, 2.45) is 0 Å². The summed E-state index contributed by atoms with van der Waals surface area (Å²) in [4.78, 5) is 8.10. The maximum absolute atomic E-state index is 4.14. The molecular weight excluding hydrogens is 194 g/mol. The molecule has 0 radical (unpaired) electrons. The molecule has 0 aliphatic carbocycles. The third kappa shape index (κ3) is 1.67. The van der Waals surface area contributed by atoms with Gasteiger partial charge in [0.25, 0.3) is 0 Å². The molecule has 1 aromatic rings. The van der Waals surface area contributed by atoms with Crippen LogP contribution in [0.2, 0.25) is 0 Å². The average Bonchev–Trinajstić information content (AvgIpc) is 2.05. The second-order valence-corrected chi connectivity index (χ2v) is 2.32. The number of nitrogens with zero attached hydrogens (tertiary/aromatic N) is 2. The predicted molar refractivity (Wildman–Crippen MR) is 44.2 cm³/mol. The summed E-state index contributed by atoms with van der Waals surface area (Å²) < 4.78 is 0. The molecule has 0 saturated heterocycles. The van der Waals surface area contributed by atoms with Crippen molar-refractivity contribution in [3.05, 3.63) is 18.0 Å². The standard InChI is InChI=1S/C6H8BrN3/c1-8-6-9-3-2-5(4-7)10-6/h2-3H,4H2,1H3,(H,8,9,10). The molecule has 10 heavy (non-hydrogen) atoms. The first kappa shape index (κ1) is 7.47. The Bertz CT molecular complexity index is 195. The number of aromatic nitrogens is 2. The van der Waals surface area contributed by atoms with Crippen LogP contribution in [0, 0.1) is 0 Å². The van der Waals surface area contributed by atoms with Crippen molar-refractivity contribution >= 4 is 21.9 Å². The predicted octanol–water partition coefficient (Wildman–Crippen LogP) is 1.41.